The molecule has 0 fully saturated rings. The standard InChI is InChI=1S/C42H24O2/c1-2-12-27-25(10-1)11-9-18-29(27)40-32-16-5-3-14-30(32)39(31-15-4-6-17-33(31)40)26-20-21-35-38(24-26)43-37-23-22-34-28-13-7-8-19-36(28)44-42(34)41(35)37/h1-24H. The van der Waals surface area contributed by atoms with E-state index in [1.807, 2.05) is 12.1 Å². The third-order valence-electron chi connectivity index (χ3n) is 9.26. The minimum atomic E-state index is 0.838. The van der Waals surface area contributed by atoms with E-state index in [-0.39, 0.29) is 0 Å². The number of benzene rings is 8. The van der Waals surface area contributed by atoms with E-state index in [4.69, 9.17) is 8.83 Å². The minimum Gasteiger partial charge on any atom is -0.456 e. The van der Waals surface area contributed by atoms with Crippen molar-refractivity contribution in [1.82, 2.24) is 0 Å². The molecule has 0 aliphatic carbocycles. The van der Waals surface area contributed by atoms with E-state index in [2.05, 4.69) is 133 Å². The van der Waals surface area contributed by atoms with Gasteiger partial charge in [0.05, 0.1) is 5.39 Å². The average molecular weight is 561 g/mol. The van der Waals surface area contributed by atoms with E-state index in [1.165, 1.54) is 49.0 Å². The van der Waals surface area contributed by atoms with Crippen LogP contribution in [0.5, 0.6) is 0 Å². The second kappa shape index (κ2) is 8.82. The van der Waals surface area contributed by atoms with E-state index >= 15 is 0 Å². The SMILES string of the molecule is c1ccc2c(-c3c4ccccc4c(-c4ccc5c(c4)oc4ccc6c7ccccc7oc6c45)c4ccccc34)cccc2c1. The molecule has 2 heterocycles. The van der Waals surface area contributed by atoms with Gasteiger partial charge < -0.3 is 8.83 Å². The lowest BCUT2D eigenvalue weighted by atomic mass is 9.84. The number of rotatable bonds is 2. The molecule has 0 spiro atoms. The van der Waals surface area contributed by atoms with Gasteiger partial charge in [0, 0.05) is 16.2 Å². The first-order valence-electron chi connectivity index (χ1n) is 15.0. The molecular weight excluding hydrogens is 536 g/mol. The molecule has 0 saturated carbocycles. The van der Waals surface area contributed by atoms with Crippen LogP contribution in [0.25, 0.3) is 98.4 Å². The number of para-hydroxylation sites is 1. The first-order valence-corrected chi connectivity index (χ1v) is 15.0. The molecule has 0 bridgehead atoms. The van der Waals surface area contributed by atoms with Gasteiger partial charge in [-0.25, -0.2) is 0 Å². The topological polar surface area (TPSA) is 26.3 Å². The second-order valence-electron chi connectivity index (χ2n) is 11.6. The van der Waals surface area contributed by atoms with Gasteiger partial charge in [-0.3, -0.25) is 0 Å². The number of hydrogen-bond acceptors (Lipinski definition) is 2. The summed E-state index contributed by atoms with van der Waals surface area (Å²) in [6.07, 6.45) is 0. The van der Waals surface area contributed by atoms with Crippen LogP contribution in [0.15, 0.2) is 154 Å². The quantitative estimate of drug-likeness (QED) is 0.197. The van der Waals surface area contributed by atoms with Gasteiger partial charge in [0.1, 0.15) is 22.3 Å². The molecule has 44 heavy (non-hydrogen) atoms. The average Bonchev–Trinajstić information content (AvgIpc) is 3.65. The summed E-state index contributed by atoms with van der Waals surface area (Å²) in [5, 5.41) is 11.8. The number of fused-ring (bicyclic) bond motifs is 10. The Kier molecular flexibility index (Phi) is 4.75. The highest BCUT2D eigenvalue weighted by atomic mass is 16.3. The van der Waals surface area contributed by atoms with Crippen LogP contribution in [0.4, 0.5) is 0 Å². The molecule has 0 aliphatic rings. The number of hydrogen-bond donors (Lipinski definition) is 0. The van der Waals surface area contributed by atoms with Crippen molar-refractivity contribution in [3.63, 3.8) is 0 Å². The van der Waals surface area contributed by atoms with Gasteiger partial charge in [-0.2, -0.15) is 0 Å². The van der Waals surface area contributed by atoms with Crippen molar-refractivity contribution in [2.75, 3.05) is 0 Å². The van der Waals surface area contributed by atoms with Crippen LogP contribution >= 0.6 is 0 Å². The summed E-state index contributed by atoms with van der Waals surface area (Å²) >= 11 is 0. The molecule has 0 amide bonds. The molecule has 10 aromatic rings. The molecule has 0 atom stereocenters. The van der Waals surface area contributed by atoms with Crippen molar-refractivity contribution >= 4 is 76.2 Å². The van der Waals surface area contributed by atoms with Gasteiger partial charge in [-0.05, 0) is 84.9 Å². The molecule has 0 saturated heterocycles. The lowest BCUT2D eigenvalue weighted by Gasteiger charge is -2.18. The van der Waals surface area contributed by atoms with Crippen LogP contribution in [0, 0.1) is 0 Å². The third-order valence-corrected chi connectivity index (χ3v) is 9.26. The Labute approximate surface area is 252 Å². The van der Waals surface area contributed by atoms with Gasteiger partial charge >= 0.3 is 0 Å². The molecule has 2 aromatic heterocycles. The Morgan fingerprint density at radius 3 is 1.73 bits per heavy atom. The van der Waals surface area contributed by atoms with Crippen molar-refractivity contribution in [3.05, 3.63) is 146 Å². The molecule has 204 valence electrons. The lowest BCUT2D eigenvalue weighted by Crippen LogP contribution is -1.91. The summed E-state index contributed by atoms with van der Waals surface area (Å²) < 4.78 is 12.9. The summed E-state index contributed by atoms with van der Waals surface area (Å²) in [6, 6.07) is 52.0. The minimum absolute atomic E-state index is 0.838. The molecule has 8 aromatic carbocycles. The normalized spacial score (nSPS) is 12.1. The van der Waals surface area contributed by atoms with E-state index in [9.17, 15) is 0 Å². The fourth-order valence-corrected chi connectivity index (χ4v) is 7.37. The zero-order valence-corrected chi connectivity index (χ0v) is 23.7. The smallest absolute Gasteiger partial charge is 0.147 e. The van der Waals surface area contributed by atoms with E-state index in [0.717, 1.165) is 49.4 Å². The van der Waals surface area contributed by atoms with Crippen molar-refractivity contribution in [2.45, 2.75) is 0 Å². The predicted octanol–water partition coefficient (Wildman–Crippen LogP) is 12.3. The Morgan fingerprint density at radius 2 is 0.955 bits per heavy atom. The molecular formula is C42H24O2. The summed E-state index contributed by atoms with van der Waals surface area (Å²) in [4.78, 5) is 0. The molecule has 0 unspecified atom stereocenters. The van der Waals surface area contributed by atoms with Gasteiger partial charge in [0.15, 0.2) is 0 Å². The lowest BCUT2D eigenvalue weighted by molar-refractivity contribution is 0.663. The van der Waals surface area contributed by atoms with Crippen LogP contribution in [0.1, 0.15) is 0 Å². The van der Waals surface area contributed by atoms with Crippen LogP contribution in [0.3, 0.4) is 0 Å². The maximum atomic E-state index is 6.52. The first kappa shape index (κ1) is 23.7. The van der Waals surface area contributed by atoms with Crippen molar-refractivity contribution in [1.29, 1.82) is 0 Å². The maximum absolute atomic E-state index is 6.52. The molecule has 10 rings (SSSR count). The van der Waals surface area contributed by atoms with Crippen LogP contribution < -0.4 is 0 Å². The first-order chi connectivity index (χ1) is 21.8. The maximum Gasteiger partial charge on any atom is 0.147 e. The van der Waals surface area contributed by atoms with Crippen molar-refractivity contribution in [3.8, 4) is 22.3 Å². The fraction of sp³-hybridized carbons (Fsp3) is 0. The van der Waals surface area contributed by atoms with Gasteiger partial charge in [-0.1, -0.05) is 115 Å². The van der Waals surface area contributed by atoms with Crippen LogP contribution in [0.2, 0.25) is 0 Å². The predicted molar refractivity (Wildman–Crippen MR) is 184 cm³/mol. The Balaban J connectivity index is 1.28. The van der Waals surface area contributed by atoms with Crippen molar-refractivity contribution < 1.29 is 8.83 Å². The highest BCUT2D eigenvalue weighted by molar-refractivity contribution is 6.25. The van der Waals surface area contributed by atoms with E-state index < -0.39 is 0 Å². The Morgan fingerprint density at radius 1 is 0.341 bits per heavy atom. The highest BCUT2D eigenvalue weighted by Gasteiger charge is 2.20. The molecule has 2 nitrogen and oxygen atoms in total. The Hall–Kier alpha value is -5.86. The molecule has 2 heteroatoms. The molecule has 0 radical (unpaired) electrons. The van der Waals surface area contributed by atoms with Crippen molar-refractivity contribution in [2.24, 2.45) is 0 Å². The highest BCUT2D eigenvalue weighted by Crippen LogP contribution is 2.46. The zero-order chi connectivity index (χ0) is 28.8. The Bertz CT molecular complexity index is 2710. The molecule has 0 N–H and O–H groups in total. The zero-order valence-electron chi connectivity index (χ0n) is 23.7. The van der Waals surface area contributed by atoms with Gasteiger partial charge in [0.2, 0.25) is 0 Å². The van der Waals surface area contributed by atoms with Crippen LogP contribution in [-0.2, 0) is 0 Å². The summed E-state index contributed by atoms with van der Waals surface area (Å²) in [5.41, 5.74) is 8.35. The van der Waals surface area contributed by atoms with Gasteiger partial charge in [0.25, 0.3) is 0 Å². The van der Waals surface area contributed by atoms with Crippen LogP contribution in [-0.4, -0.2) is 0 Å². The largest absolute Gasteiger partial charge is 0.456 e. The summed E-state index contributed by atoms with van der Waals surface area (Å²) in [7, 11) is 0. The second-order valence-corrected chi connectivity index (χ2v) is 11.6. The third kappa shape index (κ3) is 3.20. The van der Waals surface area contributed by atoms with Gasteiger partial charge in [-0.15, -0.1) is 0 Å². The monoisotopic (exact) mass is 560 g/mol. The number of furan rings is 2. The van der Waals surface area contributed by atoms with E-state index in [0.29, 0.717) is 0 Å². The summed E-state index contributed by atoms with van der Waals surface area (Å²) in [5.74, 6) is 0. The fourth-order valence-electron chi connectivity index (χ4n) is 7.37. The molecule has 0 aliphatic heterocycles. The van der Waals surface area contributed by atoms with E-state index in [1.54, 1.807) is 0 Å². The summed E-state index contributed by atoms with van der Waals surface area (Å²) in [6.45, 7) is 0.